The zero-order chi connectivity index (χ0) is 14.2. The van der Waals surface area contributed by atoms with Crippen molar-refractivity contribution in [1.82, 2.24) is 19.7 Å². The van der Waals surface area contributed by atoms with E-state index in [-0.39, 0.29) is 23.1 Å². The number of aromatic nitrogens is 4. The molecule has 9 heteroatoms. The molecule has 0 atom stereocenters. The molecule has 0 saturated heterocycles. The van der Waals surface area contributed by atoms with Gasteiger partial charge in [-0.3, -0.25) is 14.8 Å². The van der Waals surface area contributed by atoms with Crippen LogP contribution in [0.3, 0.4) is 0 Å². The van der Waals surface area contributed by atoms with Crippen molar-refractivity contribution < 1.29 is 4.92 Å². The highest BCUT2D eigenvalue weighted by atomic mass is 16.6. The summed E-state index contributed by atoms with van der Waals surface area (Å²) in [7, 11) is 1.76. The Morgan fingerprint density at radius 1 is 1.37 bits per heavy atom. The lowest BCUT2D eigenvalue weighted by Crippen LogP contribution is -2.07. The van der Waals surface area contributed by atoms with E-state index < -0.39 is 4.92 Å². The SMILES string of the molecule is Cc1nn(C)cc1Nc1nc(N)nc(C)c1[N+](=O)[O-]. The number of nitrogens with two attached hydrogens (primary N) is 1. The molecule has 100 valence electrons. The summed E-state index contributed by atoms with van der Waals surface area (Å²) in [5.41, 5.74) is 6.86. The largest absolute Gasteiger partial charge is 0.368 e. The van der Waals surface area contributed by atoms with E-state index in [4.69, 9.17) is 5.73 Å². The lowest BCUT2D eigenvalue weighted by Gasteiger charge is -2.07. The van der Waals surface area contributed by atoms with E-state index in [2.05, 4.69) is 20.4 Å². The Balaban J connectivity index is 2.50. The van der Waals surface area contributed by atoms with Crippen LogP contribution in [-0.4, -0.2) is 24.7 Å². The molecular weight excluding hydrogens is 250 g/mol. The number of nitrogens with one attached hydrogen (secondary N) is 1. The summed E-state index contributed by atoms with van der Waals surface area (Å²) in [6.45, 7) is 3.29. The molecule has 3 N–H and O–H groups in total. The van der Waals surface area contributed by atoms with Crippen LogP contribution in [0.5, 0.6) is 0 Å². The van der Waals surface area contributed by atoms with Crippen molar-refractivity contribution in [2.24, 2.45) is 7.05 Å². The topological polar surface area (TPSA) is 125 Å². The Labute approximate surface area is 108 Å². The molecular formula is C10H13N7O2. The van der Waals surface area contributed by atoms with E-state index in [0.29, 0.717) is 11.4 Å². The minimum atomic E-state index is -0.539. The first-order chi connectivity index (χ1) is 8.88. The maximum atomic E-state index is 11.1. The van der Waals surface area contributed by atoms with Gasteiger partial charge in [0.2, 0.25) is 11.8 Å². The van der Waals surface area contributed by atoms with E-state index in [1.165, 1.54) is 6.92 Å². The number of nitro groups is 1. The average molecular weight is 263 g/mol. The highest BCUT2D eigenvalue weighted by molar-refractivity contribution is 5.68. The Bertz CT molecular complexity index is 650. The van der Waals surface area contributed by atoms with Crippen molar-refractivity contribution in [3.8, 4) is 0 Å². The van der Waals surface area contributed by atoms with Crippen LogP contribution in [0.2, 0.25) is 0 Å². The third-order valence-electron chi connectivity index (χ3n) is 2.52. The van der Waals surface area contributed by atoms with Gasteiger partial charge in [-0.15, -0.1) is 0 Å². The van der Waals surface area contributed by atoms with Crippen molar-refractivity contribution in [2.75, 3.05) is 11.1 Å². The van der Waals surface area contributed by atoms with E-state index >= 15 is 0 Å². The summed E-state index contributed by atoms with van der Waals surface area (Å²) in [6.07, 6.45) is 1.70. The molecule has 0 fully saturated rings. The van der Waals surface area contributed by atoms with Crippen molar-refractivity contribution in [1.29, 1.82) is 0 Å². The van der Waals surface area contributed by atoms with Crippen molar-refractivity contribution in [3.63, 3.8) is 0 Å². The summed E-state index contributed by atoms with van der Waals surface area (Å²) >= 11 is 0. The first kappa shape index (κ1) is 12.7. The molecule has 0 saturated carbocycles. The summed E-state index contributed by atoms with van der Waals surface area (Å²) < 4.78 is 1.60. The van der Waals surface area contributed by atoms with Crippen LogP contribution in [0.15, 0.2) is 6.20 Å². The molecule has 0 aromatic carbocycles. The third-order valence-corrected chi connectivity index (χ3v) is 2.52. The standard InChI is InChI=1S/C10H13N7O2/c1-5-7(4-16(3)15-5)13-9-8(17(18)19)6(2)12-10(11)14-9/h4H,1-3H3,(H3,11,12,13,14). The molecule has 2 aromatic rings. The van der Waals surface area contributed by atoms with Crippen LogP contribution in [0.4, 0.5) is 23.1 Å². The summed E-state index contributed by atoms with van der Waals surface area (Å²) in [5, 5.41) is 18.1. The molecule has 2 aromatic heterocycles. The van der Waals surface area contributed by atoms with Gasteiger partial charge >= 0.3 is 5.69 Å². The van der Waals surface area contributed by atoms with E-state index in [1.807, 2.05) is 0 Å². The highest BCUT2D eigenvalue weighted by Gasteiger charge is 2.22. The Morgan fingerprint density at radius 3 is 2.58 bits per heavy atom. The van der Waals surface area contributed by atoms with Crippen LogP contribution in [0.1, 0.15) is 11.4 Å². The van der Waals surface area contributed by atoms with Gasteiger partial charge < -0.3 is 11.1 Å². The second-order valence-electron chi connectivity index (χ2n) is 4.05. The predicted octanol–water partition coefficient (Wildman–Crippen LogP) is 1.06. The lowest BCUT2D eigenvalue weighted by molar-refractivity contribution is -0.385. The molecule has 0 amide bonds. The molecule has 19 heavy (non-hydrogen) atoms. The number of anilines is 3. The Kier molecular flexibility index (Phi) is 3.03. The van der Waals surface area contributed by atoms with Crippen LogP contribution < -0.4 is 11.1 Å². The average Bonchev–Trinajstić information content (AvgIpc) is 2.55. The molecule has 0 spiro atoms. The quantitative estimate of drug-likeness (QED) is 0.626. The molecule has 0 unspecified atom stereocenters. The number of hydrogen-bond donors (Lipinski definition) is 2. The van der Waals surface area contributed by atoms with Gasteiger partial charge in [0.25, 0.3) is 0 Å². The fraction of sp³-hybridized carbons (Fsp3) is 0.300. The smallest absolute Gasteiger partial charge is 0.332 e. The van der Waals surface area contributed by atoms with Crippen molar-refractivity contribution in [2.45, 2.75) is 13.8 Å². The number of rotatable bonds is 3. The zero-order valence-corrected chi connectivity index (χ0v) is 10.7. The number of aryl methyl sites for hydroxylation is 3. The summed E-state index contributed by atoms with van der Waals surface area (Å²) in [5.74, 6) is 0.0400. The normalized spacial score (nSPS) is 10.5. The monoisotopic (exact) mass is 263 g/mol. The maximum absolute atomic E-state index is 11.1. The van der Waals surface area contributed by atoms with Crippen LogP contribution >= 0.6 is 0 Å². The van der Waals surface area contributed by atoms with Gasteiger partial charge in [0.1, 0.15) is 5.69 Å². The molecule has 0 bridgehead atoms. The second kappa shape index (κ2) is 4.52. The van der Waals surface area contributed by atoms with Crippen LogP contribution in [0.25, 0.3) is 0 Å². The second-order valence-corrected chi connectivity index (χ2v) is 4.05. The van der Waals surface area contributed by atoms with Crippen LogP contribution in [0, 0.1) is 24.0 Å². The molecule has 0 radical (unpaired) electrons. The Hall–Kier alpha value is -2.71. The molecule has 0 aliphatic rings. The first-order valence-corrected chi connectivity index (χ1v) is 5.44. The molecule has 9 nitrogen and oxygen atoms in total. The van der Waals surface area contributed by atoms with Gasteiger partial charge in [-0.05, 0) is 13.8 Å². The molecule has 2 heterocycles. The Morgan fingerprint density at radius 2 is 2.05 bits per heavy atom. The van der Waals surface area contributed by atoms with E-state index in [1.54, 1.807) is 24.9 Å². The van der Waals surface area contributed by atoms with Gasteiger partial charge in [0.05, 0.1) is 16.3 Å². The lowest BCUT2D eigenvalue weighted by atomic mass is 10.3. The van der Waals surface area contributed by atoms with Crippen molar-refractivity contribution >= 4 is 23.1 Å². The number of nitrogen functional groups attached to an aromatic ring is 1. The van der Waals surface area contributed by atoms with Gasteiger partial charge in [-0.1, -0.05) is 0 Å². The molecule has 0 aliphatic carbocycles. The fourth-order valence-corrected chi connectivity index (χ4v) is 1.74. The predicted molar refractivity (Wildman–Crippen MR) is 69.1 cm³/mol. The fourth-order valence-electron chi connectivity index (χ4n) is 1.74. The maximum Gasteiger partial charge on any atom is 0.332 e. The minimum Gasteiger partial charge on any atom is -0.368 e. The van der Waals surface area contributed by atoms with Gasteiger partial charge in [0.15, 0.2) is 0 Å². The van der Waals surface area contributed by atoms with Gasteiger partial charge in [-0.2, -0.15) is 10.1 Å². The van der Waals surface area contributed by atoms with Gasteiger partial charge in [0, 0.05) is 13.2 Å². The molecule has 0 aliphatic heterocycles. The van der Waals surface area contributed by atoms with Crippen molar-refractivity contribution in [3.05, 3.63) is 27.7 Å². The van der Waals surface area contributed by atoms with E-state index in [9.17, 15) is 10.1 Å². The van der Waals surface area contributed by atoms with Crippen LogP contribution in [-0.2, 0) is 7.05 Å². The minimum absolute atomic E-state index is 0.0212. The molecule has 2 rings (SSSR count). The third kappa shape index (κ3) is 2.44. The summed E-state index contributed by atoms with van der Waals surface area (Å²) in [4.78, 5) is 18.2. The zero-order valence-electron chi connectivity index (χ0n) is 10.7. The van der Waals surface area contributed by atoms with E-state index in [0.717, 1.165) is 0 Å². The van der Waals surface area contributed by atoms with Gasteiger partial charge in [-0.25, -0.2) is 4.98 Å². The number of hydrogen-bond acceptors (Lipinski definition) is 7. The summed E-state index contributed by atoms with van der Waals surface area (Å²) in [6, 6.07) is 0. The highest BCUT2D eigenvalue weighted by Crippen LogP contribution is 2.29. The first-order valence-electron chi connectivity index (χ1n) is 5.44. The number of nitrogens with zero attached hydrogens (tertiary/aromatic N) is 5.